The van der Waals surface area contributed by atoms with Crippen molar-refractivity contribution in [2.45, 2.75) is 32.4 Å². The van der Waals surface area contributed by atoms with Gasteiger partial charge < -0.3 is 15.0 Å². The second-order valence-corrected chi connectivity index (χ2v) is 7.26. The van der Waals surface area contributed by atoms with E-state index < -0.39 is 0 Å². The van der Waals surface area contributed by atoms with Gasteiger partial charge in [0.1, 0.15) is 5.82 Å². The zero-order valence-electron chi connectivity index (χ0n) is 16.9. The number of aromatic amines is 1. The Hall–Kier alpha value is -3.62. The summed E-state index contributed by atoms with van der Waals surface area (Å²) in [5.41, 5.74) is 2.30. The summed E-state index contributed by atoms with van der Waals surface area (Å²) in [5, 5.41) is 13.5. The number of urea groups is 1. The van der Waals surface area contributed by atoms with Gasteiger partial charge in [-0.25, -0.2) is 9.78 Å². The number of methoxy groups -OCH3 is 1. The molecule has 2 aromatic heterocycles. The quantitative estimate of drug-likeness (QED) is 0.580. The Morgan fingerprint density at radius 3 is 2.83 bits per heavy atom. The maximum absolute atomic E-state index is 12.5. The minimum atomic E-state index is -0.368. The van der Waals surface area contributed by atoms with Crippen LogP contribution >= 0.6 is 0 Å². The number of nitrogens with one attached hydrogen (secondary N) is 3. The van der Waals surface area contributed by atoms with Crippen molar-refractivity contribution in [1.82, 2.24) is 25.4 Å². The van der Waals surface area contributed by atoms with Gasteiger partial charge in [-0.05, 0) is 18.9 Å². The van der Waals surface area contributed by atoms with Gasteiger partial charge in [0, 0.05) is 19.0 Å². The lowest BCUT2D eigenvalue weighted by Crippen LogP contribution is -2.31. The summed E-state index contributed by atoms with van der Waals surface area (Å²) in [5.74, 6) is 0.876. The van der Waals surface area contributed by atoms with Crippen LogP contribution in [-0.2, 0) is 11.3 Å². The molecule has 1 saturated heterocycles. The normalized spacial score (nSPS) is 14.7. The van der Waals surface area contributed by atoms with E-state index in [4.69, 9.17) is 4.74 Å². The van der Waals surface area contributed by atoms with Crippen LogP contribution in [0, 0.1) is 0 Å². The number of hydrogen-bond donors (Lipinski definition) is 3. The molecule has 0 radical (unpaired) electrons. The lowest BCUT2D eigenvalue weighted by molar-refractivity contribution is -0.128. The molecular formula is C21H24N6O3. The molecule has 3 N–H and O–H groups in total. The molecule has 156 valence electrons. The first kappa shape index (κ1) is 19.7. The first-order valence-electron chi connectivity index (χ1n) is 9.87. The molecule has 0 aliphatic carbocycles. The Kier molecular flexibility index (Phi) is 5.51. The third-order valence-electron chi connectivity index (χ3n) is 5.18. The number of benzene rings is 1. The Labute approximate surface area is 173 Å². The van der Waals surface area contributed by atoms with Gasteiger partial charge in [-0.1, -0.05) is 30.3 Å². The molecule has 1 atom stereocenters. The van der Waals surface area contributed by atoms with Crippen LogP contribution in [0.3, 0.4) is 0 Å². The summed E-state index contributed by atoms with van der Waals surface area (Å²) in [7, 11) is 1.53. The van der Waals surface area contributed by atoms with Crippen molar-refractivity contribution in [2.24, 2.45) is 0 Å². The van der Waals surface area contributed by atoms with Gasteiger partial charge in [0.15, 0.2) is 0 Å². The number of pyridine rings is 1. The molecule has 3 heterocycles. The number of amides is 3. The van der Waals surface area contributed by atoms with Gasteiger partial charge in [-0.2, -0.15) is 0 Å². The van der Waals surface area contributed by atoms with Crippen LogP contribution in [0.1, 0.15) is 37.1 Å². The van der Waals surface area contributed by atoms with Crippen LogP contribution in [0.5, 0.6) is 5.88 Å². The van der Waals surface area contributed by atoms with E-state index in [1.54, 1.807) is 11.0 Å². The van der Waals surface area contributed by atoms with Crippen LogP contribution in [0.2, 0.25) is 0 Å². The Bertz CT molecular complexity index is 1070. The molecule has 0 saturated carbocycles. The largest absolute Gasteiger partial charge is 0.479 e. The van der Waals surface area contributed by atoms with E-state index in [2.05, 4.69) is 25.8 Å². The number of rotatable bonds is 6. The predicted octanol–water partition coefficient (Wildman–Crippen LogP) is 2.97. The SMILES string of the molecule is COc1n[nH]c2cc(NC(=O)NC(C)c3ccccc3)nc(CN3CCCC3=O)c12. The molecule has 3 amide bonds. The monoisotopic (exact) mass is 408 g/mol. The first-order chi connectivity index (χ1) is 14.5. The molecule has 30 heavy (non-hydrogen) atoms. The van der Waals surface area contributed by atoms with Crippen molar-refractivity contribution >= 4 is 28.7 Å². The highest BCUT2D eigenvalue weighted by Crippen LogP contribution is 2.29. The van der Waals surface area contributed by atoms with E-state index in [1.165, 1.54) is 7.11 Å². The molecular weight excluding hydrogens is 384 g/mol. The van der Waals surface area contributed by atoms with E-state index in [9.17, 15) is 9.59 Å². The van der Waals surface area contributed by atoms with Crippen LogP contribution in [0.4, 0.5) is 10.6 Å². The Balaban J connectivity index is 1.56. The maximum Gasteiger partial charge on any atom is 0.320 e. The van der Waals surface area contributed by atoms with Gasteiger partial charge in [0.05, 0.1) is 36.3 Å². The number of hydrogen-bond acceptors (Lipinski definition) is 5. The van der Waals surface area contributed by atoms with E-state index >= 15 is 0 Å². The number of H-pyrrole nitrogens is 1. The van der Waals surface area contributed by atoms with Crippen molar-refractivity contribution in [3.63, 3.8) is 0 Å². The molecule has 9 nitrogen and oxygen atoms in total. The van der Waals surface area contributed by atoms with Crippen LogP contribution in [0.25, 0.3) is 10.9 Å². The molecule has 1 aromatic carbocycles. The number of nitrogens with zero attached hydrogens (tertiary/aromatic N) is 3. The standard InChI is InChI=1S/C21H24N6O3/c1-13(14-7-4-3-5-8-14)22-21(29)24-17-11-15-19(20(30-2)26-25-15)16(23-17)12-27-10-6-9-18(27)28/h3-5,7-8,11,13H,6,9-10,12H2,1-2H3,(H,25,26)(H2,22,23,24,29). The van der Waals surface area contributed by atoms with E-state index in [0.717, 1.165) is 12.0 Å². The lowest BCUT2D eigenvalue weighted by atomic mass is 10.1. The zero-order valence-corrected chi connectivity index (χ0v) is 16.9. The Morgan fingerprint density at radius 2 is 2.13 bits per heavy atom. The molecule has 1 aliphatic heterocycles. The fourth-order valence-corrected chi connectivity index (χ4v) is 3.64. The second-order valence-electron chi connectivity index (χ2n) is 7.26. The summed E-state index contributed by atoms with van der Waals surface area (Å²) in [6.07, 6.45) is 1.38. The highest BCUT2D eigenvalue weighted by atomic mass is 16.5. The van der Waals surface area contributed by atoms with Crippen molar-refractivity contribution in [3.8, 4) is 5.88 Å². The fourth-order valence-electron chi connectivity index (χ4n) is 3.64. The molecule has 1 fully saturated rings. The van der Waals surface area contributed by atoms with Crippen LogP contribution in [-0.4, -0.2) is 45.7 Å². The summed E-state index contributed by atoms with van der Waals surface area (Å²) >= 11 is 0. The molecule has 3 aromatic rings. The summed E-state index contributed by atoms with van der Waals surface area (Å²) in [6.45, 7) is 2.94. The number of carbonyl (C=O) groups excluding carboxylic acids is 2. The molecule has 4 rings (SSSR count). The minimum absolute atomic E-state index is 0.0974. The molecule has 0 spiro atoms. The lowest BCUT2D eigenvalue weighted by Gasteiger charge is -2.17. The minimum Gasteiger partial charge on any atom is -0.479 e. The number of anilines is 1. The highest BCUT2D eigenvalue weighted by Gasteiger charge is 2.24. The molecule has 1 aliphatic rings. The highest BCUT2D eigenvalue weighted by molar-refractivity contribution is 5.93. The van der Waals surface area contributed by atoms with Crippen molar-refractivity contribution < 1.29 is 14.3 Å². The topological polar surface area (TPSA) is 112 Å². The van der Waals surface area contributed by atoms with Gasteiger partial charge in [0.2, 0.25) is 11.8 Å². The predicted molar refractivity (Wildman–Crippen MR) is 112 cm³/mol. The second kappa shape index (κ2) is 8.40. The average molecular weight is 408 g/mol. The van der Waals surface area contributed by atoms with Gasteiger partial charge in [-0.3, -0.25) is 15.2 Å². The van der Waals surface area contributed by atoms with Crippen LogP contribution in [0.15, 0.2) is 36.4 Å². The number of fused-ring (bicyclic) bond motifs is 1. The van der Waals surface area contributed by atoms with Gasteiger partial charge in [0.25, 0.3) is 0 Å². The Morgan fingerprint density at radius 1 is 1.33 bits per heavy atom. The molecule has 9 heteroatoms. The third-order valence-corrected chi connectivity index (χ3v) is 5.18. The molecule has 0 bridgehead atoms. The molecule has 1 unspecified atom stereocenters. The summed E-state index contributed by atoms with van der Waals surface area (Å²) in [4.78, 5) is 31.0. The van der Waals surface area contributed by atoms with E-state index in [-0.39, 0.29) is 18.0 Å². The van der Waals surface area contributed by atoms with Crippen LogP contribution < -0.4 is 15.4 Å². The number of likely N-dealkylation sites (tertiary alicyclic amines) is 1. The smallest absolute Gasteiger partial charge is 0.320 e. The maximum atomic E-state index is 12.5. The fraction of sp³-hybridized carbons (Fsp3) is 0.333. The van der Waals surface area contributed by atoms with Crippen molar-refractivity contribution in [1.29, 1.82) is 0 Å². The van der Waals surface area contributed by atoms with Crippen molar-refractivity contribution in [2.75, 3.05) is 19.0 Å². The number of aromatic nitrogens is 3. The average Bonchev–Trinajstić information content (AvgIpc) is 3.34. The van der Waals surface area contributed by atoms with Gasteiger partial charge in [-0.15, -0.1) is 5.10 Å². The summed E-state index contributed by atoms with van der Waals surface area (Å²) < 4.78 is 5.34. The van der Waals surface area contributed by atoms with E-state index in [1.807, 2.05) is 37.3 Å². The van der Waals surface area contributed by atoms with Crippen molar-refractivity contribution in [3.05, 3.63) is 47.7 Å². The summed E-state index contributed by atoms with van der Waals surface area (Å²) in [6, 6.07) is 10.9. The van der Waals surface area contributed by atoms with E-state index in [0.29, 0.717) is 47.8 Å². The first-order valence-corrected chi connectivity index (χ1v) is 9.87. The zero-order chi connectivity index (χ0) is 21.1. The third kappa shape index (κ3) is 4.05. The number of ether oxygens (including phenoxy) is 1. The van der Waals surface area contributed by atoms with Gasteiger partial charge >= 0.3 is 6.03 Å². The number of carbonyl (C=O) groups is 2.